The number of aryl methyl sites for hydroxylation is 2. The van der Waals surface area contributed by atoms with Crippen molar-refractivity contribution in [2.24, 2.45) is 0 Å². The molecule has 3 heterocycles. The normalized spacial score (nSPS) is 11.4. The summed E-state index contributed by atoms with van der Waals surface area (Å²) in [5, 5.41) is 8.05. The van der Waals surface area contributed by atoms with E-state index in [1.165, 1.54) is 0 Å². The number of amides is 1. The molecule has 0 saturated carbocycles. The molecule has 0 unspecified atom stereocenters. The maximum absolute atomic E-state index is 13.4. The van der Waals surface area contributed by atoms with Crippen molar-refractivity contribution in [1.82, 2.24) is 25.1 Å². The summed E-state index contributed by atoms with van der Waals surface area (Å²) in [4.78, 5) is 33.4. The molecule has 0 fully saturated rings. The van der Waals surface area contributed by atoms with Crippen LogP contribution < -0.4 is 15.6 Å². The number of hydrogen-bond acceptors (Lipinski definition) is 5. The van der Waals surface area contributed by atoms with E-state index in [-0.39, 0.29) is 30.2 Å². The van der Waals surface area contributed by atoms with Crippen LogP contribution in [0.5, 0.6) is 5.75 Å². The number of H-pyrrole nitrogens is 1. The molecule has 35 heavy (non-hydrogen) atoms. The van der Waals surface area contributed by atoms with Crippen LogP contribution in [0.4, 0.5) is 0 Å². The van der Waals surface area contributed by atoms with Gasteiger partial charge >= 0.3 is 0 Å². The van der Waals surface area contributed by atoms with Crippen molar-refractivity contribution in [1.29, 1.82) is 0 Å². The second-order valence-corrected chi connectivity index (χ2v) is 9.29. The van der Waals surface area contributed by atoms with Crippen molar-refractivity contribution < 1.29 is 9.53 Å². The van der Waals surface area contributed by atoms with E-state index in [4.69, 9.17) is 9.72 Å². The summed E-state index contributed by atoms with van der Waals surface area (Å²) in [6, 6.07) is 11.4. The molecule has 2 N–H and O–H groups in total. The molecule has 0 radical (unpaired) electrons. The molecule has 182 valence electrons. The van der Waals surface area contributed by atoms with E-state index >= 15 is 0 Å². The van der Waals surface area contributed by atoms with Crippen LogP contribution in [0.3, 0.4) is 0 Å². The smallest absolute Gasteiger partial charge is 0.253 e. The van der Waals surface area contributed by atoms with Crippen LogP contribution in [0, 0.1) is 13.8 Å². The molecule has 4 rings (SSSR count). The number of aromatic nitrogens is 4. The van der Waals surface area contributed by atoms with E-state index in [0.717, 1.165) is 22.6 Å². The average Bonchev–Trinajstić information content (AvgIpc) is 3.22. The highest BCUT2D eigenvalue weighted by Gasteiger charge is 2.19. The Balaban J connectivity index is 1.72. The fourth-order valence-corrected chi connectivity index (χ4v) is 4.07. The predicted molar refractivity (Wildman–Crippen MR) is 137 cm³/mol. The zero-order valence-electron chi connectivity index (χ0n) is 21.0. The Morgan fingerprint density at radius 3 is 2.46 bits per heavy atom. The Morgan fingerprint density at radius 1 is 1.11 bits per heavy atom. The first-order chi connectivity index (χ1) is 16.6. The first-order valence-electron chi connectivity index (χ1n) is 11.8. The van der Waals surface area contributed by atoms with Crippen molar-refractivity contribution >= 4 is 16.9 Å². The van der Waals surface area contributed by atoms with Gasteiger partial charge < -0.3 is 15.0 Å². The highest BCUT2D eigenvalue weighted by Crippen LogP contribution is 2.28. The molecule has 0 atom stereocenters. The summed E-state index contributed by atoms with van der Waals surface area (Å²) in [6.45, 7) is 11.8. The third-order valence-corrected chi connectivity index (χ3v) is 5.74. The lowest BCUT2D eigenvalue weighted by molar-refractivity contribution is 0.0952. The molecule has 0 aliphatic heterocycles. The number of fused-ring (bicyclic) bond motifs is 1. The lowest BCUT2D eigenvalue weighted by Crippen LogP contribution is -2.28. The van der Waals surface area contributed by atoms with Gasteiger partial charge in [0, 0.05) is 29.4 Å². The number of nitrogens with zero attached hydrogens (tertiary/aromatic N) is 3. The number of benzene rings is 1. The Bertz CT molecular complexity index is 1430. The van der Waals surface area contributed by atoms with Crippen LogP contribution in [0.15, 0.2) is 47.4 Å². The van der Waals surface area contributed by atoms with E-state index in [9.17, 15) is 9.59 Å². The molecule has 8 nitrogen and oxygen atoms in total. The zero-order valence-corrected chi connectivity index (χ0v) is 21.0. The number of carbonyl (C=O) groups is 1. The Kier molecular flexibility index (Phi) is 6.73. The quantitative estimate of drug-likeness (QED) is 0.405. The first kappa shape index (κ1) is 24.2. The van der Waals surface area contributed by atoms with Gasteiger partial charge in [-0.2, -0.15) is 5.10 Å². The molecule has 1 aromatic carbocycles. The molecular formula is C27H31N5O3. The summed E-state index contributed by atoms with van der Waals surface area (Å²) in [6.07, 6.45) is 1.75. The Morgan fingerprint density at radius 2 is 1.83 bits per heavy atom. The minimum Gasteiger partial charge on any atom is -0.491 e. The number of ether oxygens (including phenoxy) is 1. The summed E-state index contributed by atoms with van der Waals surface area (Å²) < 4.78 is 7.56. The molecule has 3 aromatic heterocycles. The summed E-state index contributed by atoms with van der Waals surface area (Å²) in [5.41, 5.74) is 4.57. The number of rotatable bonds is 7. The van der Waals surface area contributed by atoms with Gasteiger partial charge in [0.1, 0.15) is 5.75 Å². The number of carbonyl (C=O) groups excluding carboxylic acids is 1. The van der Waals surface area contributed by atoms with E-state index in [1.807, 2.05) is 71.9 Å². The topological polar surface area (TPSA) is 102 Å². The highest BCUT2D eigenvalue weighted by molar-refractivity contribution is 6.06. The van der Waals surface area contributed by atoms with E-state index in [2.05, 4.69) is 15.4 Å². The fraction of sp³-hybridized carbons (Fsp3) is 0.333. The standard InChI is InChI=1S/C27H31N5O3/c1-15(2)32-25-23(14-29-32)21(26(33)28-13-22-17(5)11-18(6)30-27(22)34)12-24(31-25)19-7-9-20(10-8-19)35-16(3)4/h7-12,14-16H,13H2,1-6H3,(H,28,33)(H,30,34). The van der Waals surface area contributed by atoms with Gasteiger partial charge in [-0.05, 0) is 83.5 Å². The van der Waals surface area contributed by atoms with Gasteiger partial charge in [-0.15, -0.1) is 0 Å². The third-order valence-electron chi connectivity index (χ3n) is 5.74. The van der Waals surface area contributed by atoms with Crippen molar-refractivity contribution in [2.45, 2.75) is 60.2 Å². The van der Waals surface area contributed by atoms with Crippen molar-refractivity contribution in [3.8, 4) is 17.0 Å². The zero-order chi connectivity index (χ0) is 25.3. The van der Waals surface area contributed by atoms with Gasteiger partial charge in [-0.1, -0.05) is 0 Å². The highest BCUT2D eigenvalue weighted by atomic mass is 16.5. The Hall–Kier alpha value is -3.94. The van der Waals surface area contributed by atoms with Gasteiger partial charge in [-0.3, -0.25) is 9.59 Å². The number of hydrogen-bond donors (Lipinski definition) is 2. The van der Waals surface area contributed by atoms with Crippen molar-refractivity contribution in [3.63, 3.8) is 0 Å². The lowest BCUT2D eigenvalue weighted by atomic mass is 10.1. The minimum atomic E-state index is -0.291. The summed E-state index contributed by atoms with van der Waals surface area (Å²) in [7, 11) is 0. The molecule has 8 heteroatoms. The van der Waals surface area contributed by atoms with Gasteiger partial charge in [0.05, 0.1) is 28.9 Å². The second-order valence-electron chi connectivity index (χ2n) is 9.29. The van der Waals surface area contributed by atoms with Crippen molar-refractivity contribution in [3.05, 3.63) is 75.3 Å². The molecule has 4 aromatic rings. The number of pyridine rings is 2. The van der Waals surface area contributed by atoms with Gasteiger partial charge in [0.2, 0.25) is 0 Å². The van der Waals surface area contributed by atoms with Crippen molar-refractivity contribution in [2.75, 3.05) is 0 Å². The first-order valence-corrected chi connectivity index (χ1v) is 11.8. The average molecular weight is 474 g/mol. The lowest BCUT2D eigenvalue weighted by Gasteiger charge is -2.13. The van der Waals surface area contributed by atoms with Gasteiger partial charge in [0.25, 0.3) is 11.5 Å². The molecule has 0 aliphatic carbocycles. The van der Waals surface area contributed by atoms with Gasteiger partial charge in [-0.25, -0.2) is 9.67 Å². The molecule has 1 amide bonds. The fourth-order valence-electron chi connectivity index (χ4n) is 4.07. The largest absolute Gasteiger partial charge is 0.491 e. The predicted octanol–water partition coefficient (Wildman–Crippen LogP) is 4.70. The number of aromatic amines is 1. The number of nitrogens with one attached hydrogen (secondary N) is 2. The van der Waals surface area contributed by atoms with E-state index < -0.39 is 0 Å². The third kappa shape index (κ3) is 5.11. The van der Waals surface area contributed by atoms with Crippen LogP contribution in [0.1, 0.15) is 60.9 Å². The van der Waals surface area contributed by atoms with Crippen LogP contribution >= 0.6 is 0 Å². The van der Waals surface area contributed by atoms with E-state index in [1.54, 1.807) is 16.9 Å². The van der Waals surface area contributed by atoms with Crippen LogP contribution in [-0.2, 0) is 6.54 Å². The summed E-state index contributed by atoms with van der Waals surface area (Å²) >= 11 is 0. The second kappa shape index (κ2) is 9.74. The molecular weight excluding hydrogens is 442 g/mol. The maximum Gasteiger partial charge on any atom is 0.253 e. The molecule has 0 bridgehead atoms. The van der Waals surface area contributed by atoms with Crippen LogP contribution in [-0.4, -0.2) is 31.8 Å². The summed E-state index contributed by atoms with van der Waals surface area (Å²) in [5.74, 6) is 0.481. The van der Waals surface area contributed by atoms with Crippen LogP contribution in [0.25, 0.3) is 22.3 Å². The monoisotopic (exact) mass is 473 g/mol. The Labute approximate surface area is 204 Å². The minimum absolute atomic E-state index is 0.0711. The SMILES string of the molecule is Cc1cc(C)c(CNC(=O)c2cc(-c3ccc(OC(C)C)cc3)nc3c2cnn3C(C)C)c(=O)[nH]1. The molecule has 0 aliphatic rings. The molecule has 0 spiro atoms. The maximum atomic E-state index is 13.4. The van der Waals surface area contributed by atoms with Crippen LogP contribution in [0.2, 0.25) is 0 Å². The van der Waals surface area contributed by atoms with Gasteiger partial charge in [0.15, 0.2) is 5.65 Å². The van der Waals surface area contributed by atoms with E-state index in [0.29, 0.717) is 27.9 Å². The molecule has 0 saturated heterocycles.